The van der Waals surface area contributed by atoms with Gasteiger partial charge in [0.2, 0.25) is 0 Å². The summed E-state index contributed by atoms with van der Waals surface area (Å²) in [5, 5.41) is 5.36. The van der Waals surface area contributed by atoms with Crippen molar-refractivity contribution in [2.45, 2.75) is 39.9 Å². The Labute approximate surface area is 125 Å². The molecule has 0 atom stereocenters. The number of thiophene rings is 1. The van der Waals surface area contributed by atoms with Crippen molar-refractivity contribution in [3.05, 3.63) is 46.3 Å². The number of nitrogens with one attached hydrogen (secondary N) is 1. The molecule has 20 heavy (non-hydrogen) atoms. The van der Waals surface area contributed by atoms with Crippen LogP contribution in [0.1, 0.15) is 31.2 Å². The van der Waals surface area contributed by atoms with E-state index in [2.05, 4.69) is 65.6 Å². The predicted molar refractivity (Wildman–Crippen MR) is 87.1 cm³/mol. The minimum absolute atomic E-state index is 0.519. The molecule has 2 rings (SSSR count). The number of aromatic nitrogens is 1. The van der Waals surface area contributed by atoms with E-state index in [9.17, 15) is 0 Å². The fraction of sp³-hybridized carbons (Fsp3) is 0.438. The summed E-state index contributed by atoms with van der Waals surface area (Å²) in [5.74, 6) is 0.950. The fourth-order valence-corrected chi connectivity index (χ4v) is 2.79. The fourth-order valence-electron chi connectivity index (χ4n) is 2.06. The van der Waals surface area contributed by atoms with Gasteiger partial charge in [0.1, 0.15) is 5.82 Å². The average molecular weight is 289 g/mol. The molecule has 1 N–H and O–H groups in total. The van der Waals surface area contributed by atoms with Gasteiger partial charge >= 0.3 is 0 Å². The first-order valence-electron chi connectivity index (χ1n) is 7.14. The van der Waals surface area contributed by atoms with E-state index in [0.29, 0.717) is 6.04 Å². The molecule has 0 aliphatic heterocycles. The van der Waals surface area contributed by atoms with E-state index in [0.717, 1.165) is 25.5 Å². The van der Waals surface area contributed by atoms with Crippen molar-refractivity contribution in [3.8, 4) is 0 Å². The molecule has 0 fully saturated rings. The van der Waals surface area contributed by atoms with Crippen molar-refractivity contribution in [1.82, 2.24) is 9.88 Å². The van der Waals surface area contributed by atoms with Crippen molar-refractivity contribution in [1.29, 1.82) is 0 Å². The van der Waals surface area contributed by atoms with Crippen molar-refractivity contribution < 1.29 is 0 Å². The van der Waals surface area contributed by atoms with E-state index in [1.165, 1.54) is 10.4 Å². The van der Waals surface area contributed by atoms with Gasteiger partial charge in [0, 0.05) is 36.8 Å². The second-order valence-electron chi connectivity index (χ2n) is 5.16. The smallest absolute Gasteiger partial charge is 0.125 e. The van der Waals surface area contributed by atoms with Gasteiger partial charge < -0.3 is 5.32 Å². The van der Waals surface area contributed by atoms with Gasteiger partial charge in [-0.3, -0.25) is 4.90 Å². The summed E-state index contributed by atoms with van der Waals surface area (Å²) in [6, 6.07) is 9.06. The van der Waals surface area contributed by atoms with Gasteiger partial charge in [0.05, 0.1) is 0 Å². The summed E-state index contributed by atoms with van der Waals surface area (Å²) in [7, 11) is 0. The normalized spacial score (nSPS) is 11.2. The van der Waals surface area contributed by atoms with Gasteiger partial charge in [-0.15, -0.1) is 11.3 Å². The molecule has 0 saturated heterocycles. The first-order chi connectivity index (χ1) is 9.69. The van der Waals surface area contributed by atoms with E-state index in [1.54, 1.807) is 0 Å². The molecule has 0 aliphatic rings. The molecule has 0 radical (unpaired) electrons. The lowest BCUT2D eigenvalue weighted by atomic mass is 10.2. The number of nitrogens with zero attached hydrogens (tertiary/aromatic N) is 2. The number of hydrogen-bond acceptors (Lipinski definition) is 4. The third-order valence-corrected chi connectivity index (χ3v) is 4.10. The van der Waals surface area contributed by atoms with E-state index in [1.807, 2.05) is 17.5 Å². The van der Waals surface area contributed by atoms with Crippen LogP contribution in [0.5, 0.6) is 0 Å². The Kier molecular flexibility index (Phi) is 5.56. The zero-order valence-electron chi connectivity index (χ0n) is 12.5. The summed E-state index contributed by atoms with van der Waals surface area (Å²) in [6.45, 7) is 9.42. The van der Waals surface area contributed by atoms with Gasteiger partial charge in [-0.05, 0) is 43.8 Å². The molecule has 2 aromatic heterocycles. The highest BCUT2D eigenvalue weighted by Crippen LogP contribution is 2.17. The van der Waals surface area contributed by atoms with E-state index >= 15 is 0 Å². The zero-order valence-corrected chi connectivity index (χ0v) is 13.3. The maximum Gasteiger partial charge on any atom is 0.125 e. The molecule has 2 aromatic rings. The van der Waals surface area contributed by atoms with Crippen LogP contribution in [-0.2, 0) is 13.1 Å². The highest BCUT2D eigenvalue weighted by Gasteiger charge is 2.11. The molecule has 0 aromatic carbocycles. The van der Waals surface area contributed by atoms with Crippen LogP contribution in [0.2, 0.25) is 0 Å². The molecular weight excluding hydrogens is 266 g/mol. The molecule has 0 bridgehead atoms. The van der Waals surface area contributed by atoms with Crippen LogP contribution < -0.4 is 5.32 Å². The quantitative estimate of drug-likeness (QED) is 0.835. The van der Waals surface area contributed by atoms with Crippen LogP contribution in [-0.4, -0.2) is 22.5 Å². The van der Waals surface area contributed by atoms with Crippen LogP contribution in [0.3, 0.4) is 0 Å². The Morgan fingerprint density at radius 2 is 2.10 bits per heavy atom. The third kappa shape index (κ3) is 4.32. The van der Waals surface area contributed by atoms with Crippen LogP contribution in [0.25, 0.3) is 0 Å². The van der Waals surface area contributed by atoms with Crippen molar-refractivity contribution in [2.24, 2.45) is 0 Å². The second kappa shape index (κ2) is 7.41. The highest BCUT2D eigenvalue weighted by atomic mass is 32.1. The number of hydrogen-bond donors (Lipinski definition) is 1. The minimum atomic E-state index is 0.519. The van der Waals surface area contributed by atoms with E-state index in [-0.39, 0.29) is 0 Å². The summed E-state index contributed by atoms with van der Waals surface area (Å²) in [4.78, 5) is 8.32. The summed E-state index contributed by atoms with van der Waals surface area (Å²) in [5.41, 5.74) is 1.26. The lowest BCUT2D eigenvalue weighted by molar-refractivity contribution is 0.205. The van der Waals surface area contributed by atoms with Crippen molar-refractivity contribution in [2.75, 3.05) is 11.9 Å². The molecule has 0 spiro atoms. The van der Waals surface area contributed by atoms with E-state index < -0.39 is 0 Å². The van der Waals surface area contributed by atoms with Crippen LogP contribution in [0.15, 0.2) is 35.8 Å². The topological polar surface area (TPSA) is 28.2 Å². The van der Waals surface area contributed by atoms with Crippen LogP contribution in [0, 0.1) is 0 Å². The molecule has 2 heterocycles. The summed E-state index contributed by atoms with van der Waals surface area (Å²) >= 11 is 1.82. The molecular formula is C16H23N3S. The van der Waals surface area contributed by atoms with Crippen molar-refractivity contribution >= 4 is 17.2 Å². The Morgan fingerprint density at radius 1 is 1.25 bits per heavy atom. The summed E-state index contributed by atoms with van der Waals surface area (Å²) in [6.07, 6.45) is 1.97. The largest absolute Gasteiger partial charge is 0.370 e. The van der Waals surface area contributed by atoms with E-state index in [4.69, 9.17) is 0 Å². The van der Waals surface area contributed by atoms with Crippen LogP contribution in [0.4, 0.5) is 5.82 Å². The molecule has 3 nitrogen and oxygen atoms in total. The SMILES string of the molecule is CCNc1ccc(CN(Cc2cccs2)C(C)C)cn1. The van der Waals surface area contributed by atoms with Crippen LogP contribution >= 0.6 is 11.3 Å². The molecule has 0 aliphatic carbocycles. The second-order valence-corrected chi connectivity index (χ2v) is 6.19. The monoisotopic (exact) mass is 289 g/mol. The standard InChI is InChI=1S/C16H23N3S/c1-4-17-16-8-7-14(10-18-16)11-19(13(2)3)12-15-6-5-9-20-15/h5-10,13H,4,11-12H2,1-3H3,(H,17,18). The Bertz CT molecular complexity index is 491. The number of rotatable bonds is 7. The summed E-state index contributed by atoms with van der Waals surface area (Å²) < 4.78 is 0. The van der Waals surface area contributed by atoms with Gasteiger partial charge in [-0.25, -0.2) is 4.98 Å². The predicted octanol–water partition coefficient (Wildman–Crippen LogP) is 3.99. The molecule has 4 heteroatoms. The molecule has 0 amide bonds. The zero-order chi connectivity index (χ0) is 14.4. The van der Waals surface area contributed by atoms with Crippen molar-refractivity contribution in [3.63, 3.8) is 0 Å². The lowest BCUT2D eigenvalue weighted by Gasteiger charge is -2.26. The molecule has 0 saturated carbocycles. The molecule has 0 unspecified atom stereocenters. The highest BCUT2D eigenvalue weighted by molar-refractivity contribution is 7.09. The average Bonchev–Trinajstić information content (AvgIpc) is 2.93. The first kappa shape index (κ1) is 15.0. The number of anilines is 1. The van der Waals surface area contributed by atoms with Gasteiger partial charge in [-0.2, -0.15) is 0 Å². The Balaban J connectivity index is 2.00. The maximum atomic E-state index is 4.44. The Morgan fingerprint density at radius 3 is 2.65 bits per heavy atom. The third-order valence-electron chi connectivity index (χ3n) is 3.24. The lowest BCUT2D eigenvalue weighted by Crippen LogP contribution is -2.29. The van der Waals surface area contributed by atoms with Gasteiger partial charge in [0.25, 0.3) is 0 Å². The molecule has 108 valence electrons. The first-order valence-corrected chi connectivity index (χ1v) is 8.02. The minimum Gasteiger partial charge on any atom is -0.370 e. The maximum absolute atomic E-state index is 4.44. The van der Waals surface area contributed by atoms with Gasteiger partial charge in [-0.1, -0.05) is 12.1 Å². The Hall–Kier alpha value is -1.39. The number of pyridine rings is 1. The van der Waals surface area contributed by atoms with Gasteiger partial charge in [0.15, 0.2) is 0 Å².